The van der Waals surface area contributed by atoms with Crippen molar-refractivity contribution in [1.29, 1.82) is 0 Å². The van der Waals surface area contributed by atoms with Crippen LogP contribution < -0.4 is 0 Å². The molecule has 2 aliphatic rings. The van der Waals surface area contributed by atoms with Crippen LogP contribution in [-0.4, -0.2) is 37.5 Å². The van der Waals surface area contributed by atoms with Gasteiger partial charge in [-0.3, -0.25) is 4.79 Å². The number of carbonyl (C=O) groups is 1. The molecule has 2 fully saturated rings. The highest BCUT2D eigenvalue weighted by molar-refractivity contribution is 5.66. The minimum Gasteiger partial charge on any atom is -0.457 e. The van der Waals surface area contributed by atoms with Crippen molar-refractivity contribution >= 4 is 5.97 Å². The van der Waals surface area contributed by atoms with Gasteiger partial charge in [0, 0.05) is 13.5 Å². The van der Waals surface area contributed by atoms with Crippen molar-refractivity contribution in [2.24, 2.45) is 0 Å². The van der Waals surface area contributed by atoms with E-state index >= 15 is 0 Å². The summed E-state index contributed by atoms with van der Waals surface area (Å²) in [7, 11) is 0. The summed E-state index contributed by atoms with van der Waals surface area (Å²) in [5.41, 5.74) is 0. The van der Waals surface area contributed by atoms with Gasteiger partial charge >= 0.3 is 5.97 Å². The lowest BCUT2D eigenvalue weighted by Gasteiger charge is -2.14. The van der Waals surface area contributed by atoms with E-state index in [1.54, 1.807) is 0 Å². The Bertz CT molecular complexity index is 191. The molecule has 0 aromatic carbocycles. The SMILES string of the molecule is CC(=O)OC1CO[C@H]2CCO[C@@H]12. The van der Waals surface area contributed by atoms with Gasteiger partial charge in [0.25, 0.3) is 0 Å². The fourth-order valence-electron chi connectivity index (χ4n) is 1.74. The van der Waals surface area contributed by atoms with E-state index in [-0.39, 0.29) is 24.3 Å². The first-order valence-corrected chi connectivity index (χ1v) is 4.18. The van der Waals surface area contributed by atoms with E-state index < -0.39 is 0 Å². The minimum absolute atomic E-state index is 0.0195. The zero-order chi connectivity index (χ0) is 8.55. The Kier molecular flexibility index (Phi) is 2.02. The third-order valence-electron chi connectivity index (χ3n) is 2.24. The number of ether oxygens (including phenoxy) is 3. The van der Waals surface area contributed by atoms with Gasteiger partial charge in [-0.15, -0.1) is 0 Å². The molecule has 4 nitrogen and oxygen atoms in total. The number of esters is 1. The van der Waals surface area contributed by atoms with Crippen LogP contribution in [0.4, 0.5) is 0 Å². The van der Waals surface area contributed by atoms with Gasteiger partial charge in [0.1, 0.15) is 6.10 Å². The van der Waals surface area contributed by atoms with Crippen molar-refractivity contribution in [3.63, 3.8) is 0 Å². The molecule has 0 aromatic heterocycles. The predicted octanol–water partition coefficient (Wildman–Crippen LogP) is 0.106. The molecule has 0 saturated carbocycles. The normalized spacial score (nSPS) is 39.6. The standard InChI is InChI=1S/C8H12O4/c1-5(9)12-7-4-11-6-2-3-10-8(6)7/h6-8H,2-4H2,1H3/t6-,7?,8+/m0/s1. The van der Waals surface area contributed by atoms with Gasteiger partial charge in [0.2, 0.25) is 0 Å². The largest absolute Gasteiger partial charge is 0.457 e. The first kappa shape index (κ1) is 8.01. The van der Waals surface area contributed by atoms with Crippen LogP contribution in [0.5, 0.6) is 0 Å². The Hall–Kier alpha value is -0.610. The first-order valence-electron chi connectivity index (χ1n) is 4.18. The second kappa shape index (κ2) is 3.03. The lowest BCUT2D eigenvalue weighted by molar-refractivity contribution is -0.150. The molecule has 2 saturated heterocycles. The molecular formula is C8H12O4. The average Bonchev–Trinajstić information content (AvgIpc) is 2.52. The number of carbonyl (C=O) groups excluding carboxylic acids is 1. The fraction of sp³-hybridized carbons (Fsp3) is 0.875. The van der Waals surface area contributed by atoms with Gasteiger partial charge in [0.05, 0.1) is 12.7 Å². The van der Waals surface area contributed by atoms with Crippen molar-refractivity contribution in [2.75, 3.05) is 13.2 Å². The number of hydrogen-bond donors (Lipinski definition) is 0. The summed E-state index contributed by atoms with van der Waals surface area (Å²) < 4.78 is 15.8. The van der Waals surface area contributed by atoms with Crippen LogP contribution in [0, 0.1) is 0 Å². The van der Waals surface area contributed by atoms with Gasteiger partial charge in [-0.05, 0) is 6.42 Å². The summed E-state index contributed by atoms with van der Waals surface area (Å²) in [6.07, 6.45) is 0.862. The monoisotopic (exact) mass is 172 g/mol. The average molecular weight is 172 g/mol. The maximum absolute atomic E-state index is 10.7. The summed E-state index contributed by atoms with van der Waals surface area (Å²) in [6.45, 7) is 2.60. The van der Waals surface area contributed by atoms with Gasteiger partial charge in [-0.2, -0.15) is 0 Å². The van der Waals surface area contributed by atoms with Crippen LogP contribution in [0.1, 0.15) is 13.3 Å². The van der Waals surface area contributed by atoms with Crippen LogP contribution in [0.15, 0.2) is 0 Å². The van der Waals surface area contributed by atoms with Gasteiger partial charge < -0.3 is 14.2 Å². The number of fused-ring (bicyclic) bond motifs is 1. The van der Waals surface area contributed by atoms with Crippen LogP contribution in [0.2, 0.25) is 0 Å². The third-order valence-corrected chi connectivity index (χ3v) is 2.24. The molecule has 0 aliphatic carbocycles. The highest BCUT2D eigenvalue weighted by Gasteiger charge is 2.43. The molecule has 12 heavy (non-hydrogen) atoms. The molecule has 0 radical (unpaired) electrons. The van der Waals surface area contributed by atoms with Gasteiger partial charge in [-0.1, -0.05) is 0 Å². The van der Waals surface area contributed by atoms with E-state index in [1.807, 2.05) is 0 Å². The molecule has 0 spiro atoms. The minimum atomic E-state index is -0.264. The number of rotatable bonds is 1. The van der Waals surface area contributed by atoms with Crippen LogP contribution >= 0.6 is 0 Å². The zero-order valence-corrected chi connectivity index (χ0v) is 6.99. The summed E-state index contributed by atoms with van der Waals surface area (Å²) in [4.78, 5) is 10.7. The number of hydrogen-bond acceptors (Lipinski definition) is 4. The third kappa shape index (κ3) is 1.32. The summed E-state index contributed by atoms with van der Waals surface area (Å²) in [5, 5.41) is 0. The molecule has 0 aromatic rings. The predicted molar refractivity (Wildman–Crippen MR) is 39.7 cm³/mol. The highest BCUT2D eigenvalue weighted by atomic mass is 16.6. The Morgan fingerprint density at radius 2 is 2.33 bits per heavy atom. The second-order valence-electron chi connectivity index (χ2n) is 3.14. The highest BCUT2D eigenvalue weighted by Crippen LogP contribution is 2.28. The van der Waals surface area contributed by atoms with E-state index in [1.165, 1.54) is 6.92 Å². The second-order valence-corrected chi connectivity index (χ2v) is 3.14. The fourth-order valence-corrected chi connectivity index (χ4v) is 1.74. The Morgan fingerprint density at radius 3 is 3.08 bits per heavy atom. The maximum atomic E-state index is 10.7. The summed E-state index contributed by atoms with van der Waals surface area (Å²) >= 11 is 0. The lowest BCUT2D eigenvalue weighted by atomic mass is 10.1. The van der Waals surface area contributed by atoms with Crippen LogP contribution in [-0.2, 0) is 19.0 Å². The zero-order valence-electron chi connectivity index (χ0n) is 6.99. The molecule has 0 amide bonds. The van der Waals surface area contributed by atoms with E-state index in [9.17, 15) is 4.79 Å². The molecule has 2 aliphatic heterocycles. The van der Waals surface area contributed by atoms with Crippen molar-refractivity contribution in [3.8, 4) is 0 Å². The summed E-state index contributed by atoms with van der Waals surface area (Å²) in [5.74, 6) is -0.264. The van der Waals surface area contributed by atoms with Crippen molar-refractivity contribution in [2.45, 2.75) is 31.7 Å². The van der Waals surface area contributed by atoms with Crippen molar-refractivity contribution in [1.82, 2.24) is 0 Å². The topological polar surface area (TPSA) is 44.8 Å². The van der Waals surface area contributed by atoms with E-state index in [4.69, 9.17) is 14.2 Å². The van der Waals surface area contributed by atoms with Crippen LogP contribution in [0.25, 0.3) is 0 Å². The molecular weight excluding hydrogens is 160 g/mol. The Morgan fingerprint density at radius 1 is 1.50 bits per heavy atom. The van der Waals surface area contributed by atoms with Crippen LogP contribution in [0.3, 0.4) is 0 Å². The van der Waals surface area contributed by atoms with Crippen molar-refractivity contribution in [3.05, 3.63) is 0 Å². The Balaban J connectivity index is 1.95. The molecule has 1 unspecified atom stereocenters. The Labute approximate surface area is 70.8 Å². The molecule has 4 heteroatoms. The molecule has 0 bridgehead atoms. The lowest BCUT2D eigenvalue weighted by Crippen LogP contribution is -2.31. The van der Waals surface area contributed by atoms with E-state index in [0.717, 1.165) is 6.42 Å². The van der Waals surface area contributed by atoms with E-state index in [2.05, 4.69) is 0 Å². The smallest absolute Gasteiger partial charge is 0.303 e. The molecule has 2 rings (SSSR count). The van der Waals surface area contributed by atoms with Gasteiger partial charge in [-0.25, -0.2) is 0 Å². The summed E-state index contributed by atoms with van der Waals surface area (Å²) in [6, 6.07) is 0. The molecule has 2 heterocycles. The van der Waals surface area contributed by atoms with Crippen molar-refractivity contribution < 1.29 is 19.0 Å². The van der Waals surface area contributed by atoms with Gasteiger partial charge in [0.15, 0.2) is 6.10 Å². The molecule has 0 N–H and O–H groups in total. The first-order chi connectivity index (χ1) is 5.77. The molecule has 68 valence electrons. The van der Waals surface area contributed by atoms with E-state index in [0.29, 0.717) is 13.2 Å². The maximum Gasteiger partial charge on any atom is 0.303 e. The quantitative estimate of drug-likeness (QED) is 0.526. The molecule has 3 atom stereocenters.